The number of benzene rings is 2. The standard InChI is InChI=1S/C24H25N3O4/c1-14-4-6-19(8-15(14)2)27-12-16(10-23(27)29)24(30)25-18-5-7-20-17(13-31-3)9-22(28)26-21(20)11-18/h4-9,11,16H,10,12-13H2,1-3H3,(H,25,30)(H,26,28). The van der Waals surface area contributed by atoms with Crippen molar-refractivity contribution in [1.29, 1.82) is 0 Å². The summed E-state index contributed by atoms with van der Waals surface area (Å²) >= 11 is 0. The van der Waals surface area contributed by atoms with Crippen LogP contribution in [0.15, 0.2) is 47.3 Å². The smallest absolute Gasteiger partial charge is 0.248 e. The summed E-state index contributed by atoms with van der Waals surface area (Å²) in [5.41, 5.74) is 4.83. The fraction of sp³-hybridized carbons (Fsp3) is 0.292. The first-order valence-corrected chi connectivity index (χ1v) is 10.2. The van der Waals surface area contributed by atoms with Gasteiger partial charge in [0.1, 0.15) is 0 Å². The molecule has 160 valence electrons. The molecule has 1 aliphatic rings. The third-order valence-corrected chi connectivity index (χ3v) is 5.79. The summed E-state index contributed by atoms with van der Waals surface area (Å²) in [5.74, 6) is -0.714. The van der Waals surface area contributed by atoms with E-state index >= 15 is 0 Å². The highest BCUT2D eigenvalue weighted by Crippen LogP contribution is 2.28. The van der Waals surface area contributed by atoms with Crippen molar-refractivity contribution in [2.24, 2.45) is 5.92 Å². The number of methoxy groups -OCH3 is 1. The molecule has 0 saturated carbocycles. The van der Waals surface area contributed by atoms with Crippen molar-refractivity contribution in [3.05, 3.63) is 69.5 Å². The number of H-pyrrole nitrogens is 1. The van der Waals surface area contributed by atoms with Gasteiger partial charge in [-0.25, -0.2) is 0 Å². The SMILES string of the molecule is COCc1cc(=O)[nH]c2cc(NC(=O)C3CC(=O)N(c4ccc(C)c(C)c4)C3)ccc12. The van der Waals surface area contributed by atoms with Crippen LogP contribution in [0.4, 0.5) is 11.4 Å². The number of hydrogen-bond donors (Lipinski definition) is 2. The van der Waals surface area contributed by atoms with Crippen LogP contribution in [0, 0.1) is 19.8 Å². The Kier molecular flexibility index (Phi) is 5.61. The van der Waals surface area contributed by atoms with Gasteiger partial charge in [-0.1, -0.05) is 12.1 Å². The highest BCUT2D eigenvalue weighted by atomic mass is 16.5. The number of amides is 2. The molecule has 2 amide bonds. The molecule has 7 heteroatoms. The summed E-state index contributed by atoms with van der Waals surface area (Å²) in [6, 6.07) is 12.7. The molecule has 1 fully saturated rings. The molecule has 4 rings (SSSR count). The Morgan fingerprint density at radius 3 is 2.68 bits per heavy atom. The van der Waals surface area contributed by atoms with Crippen LogP contribution in [0.3, 0.4) is 0 Å². The lowest BCUT2D eigenvalue weighted by molar-refractivity contribution is -0.122. The van der Waals surface area contributed by atoms with Crippen LogP contribution in [-0.2, 0) is 20.9 Å². The Bertz CT molecular complexity index is 1230. The maximum Gasteiger partial charge on any atom is 0.248 e. The van der Waals surface area contributed by atoms with Gasteiger partial charge in [-0.15, -0.1) is 0 Å². The minimum absolute atomic E-state index is 0.0598. The summed E-state index contributed by atoms with van der Waals surface area (Å²) in [6.07, 6.45) is 0.168. The molecular formula is C24H25N3O4. The number of anilines is 2. The third kappa shape index (κ3) is 4.22. The van der Waals surface area contributed by atoms with E-state index in [1.165, 1.54) is 6.07 Å². The van der Waals surface area contributed by atoms with E-state index in [9.17, 15) is 14.4 Å². The number of hydrogen-bond acceptors (Lipinski definition) is 4. The lowest BCUT2D eigenvalue weighted by Crippen LogP contribution is -2.28. The summed E-state index contributed by atoms with van der Waals surface area (Å²) in [6.45, 7) is 4.70. The molecule has 3 aromatic rings. The van der Waals surface area contributed by atoms with Gasteiger partial charge in [0.15, 0.2) is 0 Å². The minimum atomic E-state index is -0.441. The number of nitrogens with one attached hydrogen (secondary N) is 2. The quantitative estimate of drug-likeness (QED) is 0.664. The monoisotopic (exact) mass is 419 g/mol. The normalized spacial score (nSPS) is 16.2. The number of pyridine rings is 1. The molecule has 0 spiro atoms. The van der Waals surface area contributed by atoms with Crippen LogP contribution in [0.2, 0.25) is 0 Å². The third-order valence-electron chi connectivity index (χ3n) is 5.79. The molecule has 0 radical (unpaired) electrons. The number of carbonyl (C=O) groups is 2. The predicted octanol–water partition coefficient (Wildman–Crippen LogP) is 3.28. The zero-order valence-electron chi connectivity index (χ0n) is 17.8. The number of carbonyl (C=O) groups excluding carboxylic acids is 2. The van der Waals surface area contributed by atoms with E-state index in [0.29, 0.717) is 24.4 Å². The number of aryl methyl sites for hydroxylation is 2. The Labute approximate surface area is 180 Å². The fourth-order valence-corrected chi connectivity index (χ4v) is 3.96. The van der Waals surface area contributed by atoms with Gasteiger partial charge in [0.2, 0.25) is 17.4 Å². The first-order valence-electron chi connectivity index (χ1n) is 10.2. The molecule has 2 heterocycles. The molecule has 0 bridgehead atoms. The summed E-state index contributed by atoms with van der Waals surface area (Å²) in [7, 11) is 1.58. The maximum atomic E-state index is 12.8. The van der Waals surface area contributed by atoms with Gasteiger partial charge >= 0.3 is 0 Å². The van der Waals surface area contributed by atoms with Gasteiger partial charge in [-0.3, -0.25) is 14.4 Å². The number of nitrogens with zero attached hydrogens (tertiary/aromatic N) is 1. The Balaban J connectivity index is 1.51. The molecular weight excluding hydrogens is 394 g/mol. The van der Waals surface area contributed by atoms with Crippen molar-refractivity contribution in [2.45, 2.75) is 26.9 Å². The molecule has 1 saturated heterocycles. The number of ether oxygens (including phenoxy) is 1. The first kappa shape index (κ1) is 20.8. The van der Waals surface area contributed by atoms with Crippen LogP contribution in [0.25, 0.3) is 10.9 Å². The number of aromatic amines is 1. The van der Waals surface area contributed by atoms with Crippen molar-refractivity contribution in [1.82, 2.24) is 4.98 Å². The second-order valence-electron chi connectivity index (χ2n) is 8.02. The van der Waals surface area contributed by atoms with Gasteiger partial charge in [0.05, 0.1) is 18.0 Å². The topological polar surface area (TPSA) is 91.5 Å². The molecule has 2 N–H and O–H groups in total. The molecule has 1 unspecified atom stereocenters. The molecule has 1 aromatic heterocycles. The Morgan fingerprint density at radius 2 is 1.94 bits per heavy atom. The Hall–Kier alpha value is -3.45. The predicted molar refractivity (Wildman–Crippen MR) is 120 cm³/mol. The Morgan fingerprint density at radius 1 is 1.13 bits per heavy atom. The average molecular weight is 419 g/mol. The van der Waals surface area contributed by atoms with Crippen LogP contribution in [0.1, 0.15) is 23.1 Å². The molecule has 1 aliphatic heterocycles. The highest BCUT2D eigenvalue weighted by molar-refractivity contribution is 6.04. The first-order chi connectivity index (χ1) is 14.9. The minimum Gasteiger partial charge on any atom is -0.380 e. The zero-order chi connectivity index (χ0) is 22.1. The maximum absolute atomic E-state index is 12.8. The van der Waals surface area contributed by atoms with Crippen molar-refractivity contribution >= 4 is 34.1 Å². The van der Waals surface area contributed by atoms with E-state index in [0.717, 1.165) is 27.8 Å². The summed E-state index contributed by atoms with van der Waals surface area (Å²) < 4.78 is 5.16. The summed E-state index contributed by atoms with van der Waals surface area (Å²) in [4.78, 5) is 41.8. The average Bonchev–Trinajstić information content (AvgIpc) is 3.12. The molecule has 31 heavy (non-hydrogen) atoms. The molecule has 7 nitrogen and oxygen atoms in total. The molecule has 1 atom stereocenters. The van der Waals surface area contributed by atoms with E-state index in [4.69, 9.17) is 4.74 Å². The number of aromatic nitrogens is 1. The van der Waals surface area contributed by atoms with Crippen molar-refractivity contribution in [3.8, 4) is 0 Å². The van der Waals surface area contributed by atoms with Gasteiger partial charge in [0.25, 0.3) is 0 Å². The molecule has 2 aromatic carbocycles. The van der Waals surface area contributed by atoms with E-state index in [2.05, 4.69) is 10.3 Å². The number of fused-ring (bicyclic) bond motifs is 1. The van der Waals surface area contributed by atoms with E-state index in [1.807, 2.05) is 38.1 Å². The second-order valence-corrected chi connectivity index (χ2v) is 8.02. The van der Waals surface area contributed by atoms with Gasteiger partial charge in [-0.2, -0.15) is 0 Å². The largest absolute Gasteiger partial charge is 0.380 e. The van der Waals surface area contributed by atoms with Gasteiger partial charge < -0.3 is 19.9 Å². The van der Waals surface area contributed by atoms with Crippen molar-refractivity contribution < 1.29 is 14.3 Å². The summed E-state index contributed by atoms with van der Waals surface area (Å²) in [5, 5.41) is 3.75. The fourth-order valence-electron chi connectivity index (χ4n) is 3.96. The van der Waals surface area contributed by atoms with Gasteiger partial charge in [0, 0.05) is 42.9 Å². The van der Waals surface area contributed by atoms with Crippen molar-refractivity contribution in [3.63, 3.8) is 0 Å². The van der Waals surface area contributed by atoms with Crippen LogP contribution in [0.5, 0.6) is 0 Å². The van der Waals surface area contributed by atoms with Gasteiger partial charge in [-0.05, 0) is 54.8 Å². The van der Waals surface area contributed by atoms with Crippen LogP contribution >= 0.6 is 0 Å². The number of rotatable bonds is 5. The highest BCUT2D eigenvalue weighted by Gasteiger charge is 2.35. The van der Waals surface area contributed by atoms with E-state index in [-0.39, 0.29) is 23.8 Å². The molecule has 0 aliphatic carbocycles. The van der Waals surface area contributed by atoms with E-state index < -0.39 is 5.92 Å². The van der Waals surface area contributed by atoms with Crippen molar-refractivity contribution in [2.75, 3.05) is 23.9 Å². The van der Waals surface area contributed by atoms with Crippen LogP contribution in [-0.4, -0.2) is 30.5 Å². The second kappa shape index (κ2) is 8.35. The van der Waals surface area contributed by atoms with Crippen LogP contribution < -0.4 is 15.8 Å². The zero-order valence-corrected chi connectivity index (χ0v) is 17.8. The van der Waals surface area contributed by atoms with E-state index in [1.54, 1.807) is 24.1 Å². The lowest BCUT2D eigenvalue weighted by atomic mass is 10.1. The lowest BCUT2D eigenvalue weighted by Gasteiger charge is -2.18.